The summed E-state index contributed by atoms with van der Waals surface area (Å²) in [6.07, 6.45) is -0.955. The third kappa shape index (κ3) is 6.37. The van der Waals surface area contributed by atoms with Gasteiger partial charge in [-0.15, -0.1) is 0 Å². The molecule has 5 rings (SSSR count). The maximum atomic E-state index is 13.4. The highest BCUT2D eigenvalue weighted by molar-refractivity contribution is 6.40. The van der Waals surface area contributed by atoms with Gasteiger partial charge < -0.3 is 14.7 Å². The third-order valence-electron chi connectivity index (χ3n) is 6.96. The molecule has 7 nitrogen and oxygen atoms in total. The lowest BCUT2D eigenvalue weighted by Crippen LogP contribution is -2.32. The summed E-state index contributed by atoms with van der Waals surface area (Å²) in [7, 11) is 0. The van der Waals surface area contributed by atoms with Crippen LogP contribution in [0.2, 0.25) is 10.0 Å². The van der Waals surface area contributed by atoms with Crippen LogP contribution < -0.4 is 5.32 Å². The minimum Gasteiger partial charge on any atom is -0.481 e. The smallest absolute Gasteiger partial charge is 0.411 e. The van der Waals surface area contributed by atoms with E-state index in [9.17, 15) is 14.4 Å². The standard InChI is InChI=1S/C32H26Cl2N2O5/c33-27-16-21(31(39)36(15-14-29(37)38)18-20-8-2-1-3-9-20)17-28(34)30(27)35-32(40)41-19-26-24-12-6-4-10-22(24)23-11-5-7-13-25(23)26/h1-13,16-17,26H,14-15,18-19H2,(H,35,40)(H,37,38). The highest BCUT2D eigenvalue weighted by atomic mass is 35.5. The second-order valence-corrected chi connectivity index (χ2v) is 10.4. The van der Waals surface area contributed by atoms with Gasteiger partial charge in [0.25, 0.3) is 5.91 Å². The molecule has 41 heavy (non-hydrogen) atoms. The number of aliphatic carboxylic acids is 1. The minimum atomic E-state index is -1.02. The van der Waals surface area contributed by atoms with E-state index >= 15 is 0 Å². The zero-order chi connectivity index (χ0) is 28.9. The number of benzene rings is 4. The van der Waals surface area contributed by atoms with Crippen molar-refractivity contribution in [1.29, 1.82) is 0 Å². The Labute approximate surface area is 247 Å². The van der Waals surface area contributed by atoms with Crippen LogP contribution in [0.1, 0.15) is 39.4 Å². The van der Waals surface area contributed by atoms with Crippen molar-refractivity contribution in [1.82, 2.24) is 4.90 Å². The molecule has 0 fully saturated rings. The van der Waals surface area contributed by atoms with Crippen molar-refractivity contribution in [2.24, 2.45) is 0 Å². The molecule has 0 bridgehead atoms. The number of amides is 2. The number of nitrogens with zero attached hydrogens (tertiary/aromatic N) is 1. The molecule has 0 radical (unpaired) electrons. The van der Waals surface area contributed by atoms with Gasteiger partial charge in [-0.25, -0.2) is 4.79 Å². The van der Waals surface area contributed by atoms with Crippen molar-refractivity contribution >= 4 is 46.9 Å². The number of carbonyl (C=O) groups is 3. The van der Waals surface area contributed by atoms with Crippen molar-refractivity contribution in [3.63, 3.8) is 0 Å². The van der Waals surface area contributed by atoms with E-state index in [4.69, 9.17) is 33.0 Å². The quantitative estimate of drug-likeness (QED) is 0.211. The number of carbonyl (C=O) groups excluding carboxylic acids is 2. The van der Waals surface area contributed by atoms with Crippen LogP contribution in [0.4, 0.5) is 10.5 Å². The van der Waals surface area contributed by atoms with Crippen LogP contribution in [0.5, 0.6) is 0 Å². The summed E-state index contributed by atoms with van der Waals surface area (Å²) < 4.78 is 5.59. The third-order valence-corrected chi connectivity index (χ3v) is 7.56. The Hall–Kier alpha value is -4.33. The maximum absolute atomic E-state index is 13.4. The topological polar surface area (TPSA) is 95.9 Å². The molecule has 0 spiro atoms. The van der Waals surface area contributed by atoms with E-state index in [1.54, 1.807) is 0 Å². The number of halogens is 2. The van der Waals surface area contributed by atoms with Crippen molar-refractivity contribution in [2.75, 3.05) is 18.5 Å². The molecule has 208 valence electrons. The number of fused-ring (bicyclic) bond motifs is 3. The number of carboxylic acids is 1. The molecule has 4 aromatic rings. The lowest BCUT2D eigenvalue weighted by Gasteiger charge is -2.23. The number of hydrogen-bond acceptors (Lipinski definition) is 4. The Morgan fingerprint density at radius 3 is 1.98 bits per heavy atom. The fourth-order valence-corrected chi connectivity index (χ4v) is 5.60. The Morgan fingerprint density at radius 1 is 0.829 bits per heavy atom. The summed E-state index contributed by atoms with van der Waals surface area (Å²) in [5.41, 5.74) is 5.53. The molecule has 0 atom stereocenters. The molecule has 0 saturated carbocycles. The molecular formula is C32H26Cl2N2O5. The molecule has 4 aromatic carbocycles. The lowest BCUT2D eigenvalue weighted by molar-refractivity contribution is -0.137. The molecule has 2 N–H and O–H groups in total. The second-order valence-electron chi connectivity index (χ2n) is 9.62. The molecule has 1 aliphatic carbocycles. The highest BCUT2D eigenvalue weighted by Crippen LogP contribution is 2.44. The SMILES string of the molecule is O=C(O)CCN(Cc1ccccc1)C(=O)c1cc(Cl)c(NC(=O)OCC2c3ccccc3-c3ccccc32)c(Cl)c1. The number of ether oxygens (including phenoxy) is 1. The highest BCUT2D eigenvalue weighted by Gasteiger charge is 2.29. The number of hydrogen-bond donors (Lipinski definition) is 2. The van der Waals surface area contributed by atoms with Crippen LogP contribution >= 0.6 is 23.2 Å². The fraction of sp³-hybridized carbons (Fsp3) is 0.156. The van der Waals surface area contributed by atoms with Gasteiger partial charge in [0.05, 0.1) is 22.2 Å². The van der Waals surface area contributed by atoms with Gasteiger partial charge >= 0.3 is 12.1 Å². The number of anilines is 1. The Morgan fingerprint density at radius 2 is 1.39 bits per heavy atom. The van der Waals surface area contributed by atoms with E-state index in [-0.39, 0.29) is 53.3 Å². The Balaban J connectivity index is 1.28. The average molecular weight is 589 g/mol. The molecule has 0 aliphatic heterocycles. The van der Waals surface area contributed by atoms with Crippen molar-refractivity contribution < 1.29 is 24.2 Å². The van der Waals surface area contributed by atoms with E-state index in [2.05, 4.69) is 17.4 Å². The number of carboxylic acid groups (broad SMARTS) is 1. The maximum Gasteiger partial charge on any atom is 0.411 e. The van der Waals surface area contributed by atoms with Crippen LogP contribution in [0, 0.1) is 0 Å². The first-order valence-electron chi connectivity index (χ1n) is 13.0. The van der Waals surface area contributed by atoms with Crippen LogP contribution in [-0.4, -0.2) is 41.1 Å². The molecule has 9 heteroatoms. The van der Waals surface area contributed by atoms with Gasteiger partial charge in [-0.3, -0.25) is 14.9 Å². The minimum absolute atomic E-state index is 0.00193. The summed E-state index contributed by atoms with van der Waals surface area (Å²) in [4.78, 5) is 38.8. The van der Waals surface area contributed by atoms with Gasteiger partial charge in [-0.05, 0) is 39.9 Å². The molecular weight excluding hydrogens is 563 g/mol. The largest absolute Gasteiger partial charge is 0.481 e. The van der Waals surface area contributed by atoms with E-state index in [1.165, 1.54) is 17.0 Å². The summed E-state index contributed by atoms with van der Waals surface area (Å²) in [6.45, 7) is 0.323. The molecule has 0 aromatic heterocycles. The Kier molecular flexibility index (Phi) is 8.57. The van der Waals surface area contributed by atoms with Crippen molar-refractivity contribution in [2.45, 2.75) is 18.9 Å². The lowest BCUT2D eigenvalue weighted by atomic mass is 9.98. The summed E-state index contributed by atoms with van der Waals surface area (Å²) in [6, 6.07) is 28.1. The predicted octanol–water partition coefficient (Wildman–Crippen LogP) is 7.47. The summed E-state index contributed by atoms with van der Waals surface area (Å²) in [5.74, 6) is -1.57. The molecule has 2 amide bonds. The van der Waals surface area contributed by atoms with Crippen LogP contribution in [0.25, 0.3) is 11.1 Å². The van der Waals surface area contributed by atoms with Gasteiger partial charge in [-0.1, -0.05) is 102 Å². The van der Waals surface area contributed by atoms with Crippen molar-refractivity contribution in [3.8, 4) is 11.1 Å². The van der Waals surface area contributed by atoms with Crippen LogP contribution in [0.3, 0.4) is 0 Å². The fourth-order valence-electron chi connectivity index (χ4n) is 5.02. The van der Waals surface area contributed by atoms with Gasteiger partial charge in [0.1, 0.15) is 6.61 Å². The zero-order valence-corrected chi connectivity index (χ0v) is 23.4. The number of nitrogens with one attached hydrogen (secondary N) is 1. The summed E-state index contributed by atoms with van der Waals surface area (Å²) in [5, 5.41) is 11.9. The van der Waals surface area contributed by atoms with Gasteiger partial charge in [0.15, 0.2) is 0 Å². The van der Waals surface area contributed by atoms with Crippen LogP contribution in [-0.2, 0) is 16.1 Å². The van der Waals surface area contributed by atoms with Crippen molar-refractivity contribution in [3.05, 3.63) is 123 Å². The first kappa shape index (κ1) is 28.2. The predicted molar refractivity (Wildman–Crippen MR) is 159 cm³/mol. The second kappa shape index (κ2) is 12.5. The monoisotopic (exact) mass is 588 g/mol. The average Bonchev–Trinajstić information content (AvgIpc) is 3.29. The van der Waals surface area contributed by atoms with E-state index in [0.717, 1.165) is 27.8 Å². The zero-order valence-electron chi connectivity index (χ0n) is 21.8. The van der Waals surface area contributed by atoms with Gasteiger partial charge in [0, 0.05) is 24.6 Å². The normalized spacial score (nSPS) is 11.9. The first-order chi connectivity index (χ1) is 19.8. The molecule has 0 saturated heterocycles. The Bertz CT molecular complexity index is 1540. The molecule has 0 heterocycles. The van der Waals surface area contributed by atoms with E-state index in [0.29, 0.717) is 0 Å². The number of rotatable bonds is 9. The molecule has 0 unspecified atom stereocenters. The van der Waals surface area contributed by atoms with E-state index in [1.807, 2.05) is 66.7 Å². The van der Waals surface area contributed by atoms with E-state index < -0.39 is 18.0 Å². The molecule has 1 aliphatic rings. The summed E-state index contributed by atoms with van der Waals surface area (Å²) >= 11 is 12.9. The van der Waals surface area contributed by atoms with Gasteiger partial charge in [-0.2, -0.15) is 0 Å². The van der Waals surface area contributed by atoms with Crippen LogP contribution in [0.15, 0.2) is 91.0 Å². The first-order valence-corrected chi connectivity index (χ1v) is 13.7. The van der Waals surface area contributed by atoms with Gasteiger partial charge in [0.2, 0.25) is 0 Å².